The summed E-state index contributed by atoms with van der Waals surface area (Å²) >= 11 is 0. The van der Waals surface area contributed by atoms with E-state index in [0.717, 1.165) is 19.4 Å². The Hall–Kier alpha value is -2.48. The average Bonchev–Trinajstić information content (AvgIpc) is 2.64. The standard InChI is InChI=1S/C23H28N2/c1-5-10-19(24-3)15-22-17(2)20-12-7-6-11-18(20)16-25(4)23-14-9-8-13-21(22)23/h6-9,11-15,24H,5,10,16H2,1-4H3/b19-15+,22-17-. The molecule has 2 aromatic carbocycles. The molecule has 2 heteroatoms. The molecule has 0 saturated carbocycles. The first kappa shape index (κ1) is 17.3. The van der Waals surface area contributed by atoms with Crippen molar-refractivity contribution in [1.29, 1.82) is 0 Å². The smallest absolute Gasteiger partial charge is 0.0446 e. The van der Waals surface area contributed by atoms with E-state index in [9.17, 15) is 0 Å². The third kappa shape index (κ3) is 3.48. The third-order valence-electron chi connectivity index (χ3n) is 5.00. The second-order valence-corrected chi connectivity index (χ2v) is 6.74. The van der Waals surface area contributed by atoms with E-state index in [1.807, 2.05) is 7.05 Å². The number of hydrogen-bond donors (Lipinski definition) is 1. The van der Waals surface area contributed by atoms with Crippen LogP contribution in [0.25, 0.3) is 11.1 Å². The predicted molar refractivity (Wildman–Crippen MR) is 110 cm³/mol. The first-order valence-corrected chi connectivity index (χ1v) is 9.13. The molecule has 0 aromatic heterocycles. The minimum Gasteiger partial charge on any atom is -0.391 e. The molecular weight excluding hydrogens is 304 g/mol. The van der Waals surface area contributed by atoms with Crippen LogP contribution in [0.4, 0.5) is 5.69 Å². The van der Waals surface area contributed by atoms with Crippen molar-refractivity contribution in [2.45, 2.75) is 33.2 Å². The molecular formula is C23H28N2. The fourth-order valence-electron chi connectivity index (χ4n) is 3.64. The van der Waals surface area contributed by atoms with Crippen LogP contribution in [-0.2, 0) is 6.54 Å². The lowest BCUT2D eigenvalue weighted by Gasteiger charge is -2.28. The van der Waals surface area contributed by atoms with Gasteiger partial charge in [0.15, 0.2) is 0 Å². The number of allylic oxidation sites excluding steroid dienone is 4. The molecule has 2 nitrogen and oxygen atoms in total. The van der Waals surface area contributed by atoms with Gasteiger partial charge in [0.25, 0.3) is 0 Å². The van der Waals surface area contributed by atoms with Gasteiger partial charge in [0, 0.05) is 37.6 Å². The number of nitrogens with one attached hydrogen (secondary N) is 1. The van der Waals surface area contributed by atoms with E-state index in [1.165, 1.54) is 39.2 Å². The van der Waals surface area contributed by atoms with Gasteiger partial charge in [-0.1, -0.05) is 55.8 Å². The van der Waals surface area contributed by atoms with Gasteiger partial charge < -0.3 is 10.2 Å². The van der Waals surface area contributed by atoms with Gasteiger partial charge in [-0.15, -0.1) is 0 Å². The molecule has 130 valence electrons. The van der Waals surface area contributed by atoms with Crippen LogP contribution < -0.4 is 10.2 Å². The monoisotopic (exact) mass is 332 g/mol. The van der Waals surface area contributed by atoms with Crippen LogP contribution in [0.1, 0.15) is 43.4 Å². The molecule has 0 spiro atoms. The van der Waals surface area contributed by atoms with Crippen molar-refractivity contribution in [1.82, 2.24) is 5.32 Å². The molecule has 25 heavy (non-hydrogen) atoms. The Bertz CT molecular complexity index is 814. The molecule has 0 atom stereocenters. The van der Waals surface area contributed by atoms with E-state index in [0.29, 0.717) is 0 Å². The summed E-state index contributed by atoms with van der Waals surface area (Å²) in [5.74, 6) is 0. The van der Waals surface area contributed by atoms with E-state index in [4.69, 9.17) is 0 Å². The van der Waals surface area contributed by atoms with Crippen molar-refractivity contribution in [3.05, 3.63) is 77.0 Å². The van der Waals surface area contributed by atoms with Crippen LogP contribution in [-0.4, -0.2) is 14.1 Å². The minimum atomic E-state index is 0.926. The summed E-state index contributed by atoms with van der Waals surface area (Å²) in [6.07, 6.45) is 4.54. The van der Waals surface area contributed by atoms with Gasteiger partial charge in [-0.25, -0.2) is 0 Å². The van der Waals surface area contributed by atoms with Crippen molar-refractivity contribution in [3.8, 4) is 0 Å². The van der Waals surface area contributed by atoms with Gasteiger partial charge >= 0.3 is 0 Å². The number of benzene rings is 2. The molecule has 0 fully saturated rings. The van der Waals surface area contributed by atoms with Crippen molar-refractivity contribution in [2.75, 3.05) is 19.0 Å². The molecule has 0 radical (unpaired) electrons. The number of hydrogen-bond acceptors (Lipinski definition) is 2. The molecule has 3 rings (SSSR count). The maximum atomic E-state index is 3.39. The summed E-state index contributed by atoms with van der Waals surface area (Å²) in [6, 6.07) is 17.5. The summed E-state index contributed by atoms with van der Waals surface area (Å²) in [4.78, 5) is 2.35. The molecule has 1 aliphatic rings. The first-order chi connectivity index (χ1) is 12.2. The van der Waals surface area contributed by atoms with E-state index < -0.39 is 0 Å². The zero-order valence-electron chi connectivity index (χ0n) is 15.8. The first-order valence-electron chi connectivity index (χ1n) is 9.13. The lowest BCUT2D eigenvalue weighted by atomic mass is 9.89. The highest BCUT2D eigenvalue weighted by molar-refractivity contribution is 5.99. The number of fused-ring (bicyclic) bond motifs is 2. The summed E-state index contributed by atoms with van der Waals surface area (Å²) in [7, 11) is 4.20. The lowest BCUT2D eigenvalue weighted by molar-refractivity contribution is 0.817. The zero-order valence-corrected chi connectivity index (χ0v) is 15.8. The van der Waals surface area contributed by atoms with Crippen LogP contribution in [0, 0.1) is 0 Å². The molecule has 0 saturated heterocycles. The molecule has 2 aromatic rings. The highest BCUT2D eigenvalue weighted by Gasteiger charge is 2.19. The topological polar surface area (TPSA) is 15.3 Å². The van der Waals surface area contributed by atoms with Crippen molar-refractivity contribution in [3.63, 3.8) is 0 Å². The lowest BCUT2D eigenvalue weighted by Crippen LogP contribution is -2.20. The number of rotatable bonds is 4. The molecule has 0 unspecified atom stereocenters. The van der Waals surface area contributed by atoms with E-state index in [-0.39, 0.29) is 0 Å². The fraction of sp³-hybridized carbons (Fsp3) is 0.304. The fourth-order valence-corrected chi connectivity index (χ4v) is 3.64. The zero-order chi connectivity index (χ0) is 17.8. The second-order valence-electron chi connectivity index (χ2n) is 6.74. The normalized spacial score (nSPS) is 17.4. The van der Waals surface area contributed by atoms with Crippen molar-refractivity contribution >= 4 is 16.8 Å². The van der Waals surface area contributed by atoms with Gasteiger partial charge in [0.2, 0.25) is 0 Å². The maximum Gasteiger partial charge on any atom is 0.0446 e. The van der Waals surface area contributed by atoms with E-state index >= 15 is 0 Å². The molecule has 1 N–H and O–H groups in total. The van der Waals surface area contributed by atoms with Crippen molar-refractivity contribution < 1.29 is 0 Å². The SMILES string of the molecule is CCC/C(=C\C1=C(/C)c2ccccc2CN(C)c2ccccc21)NC. The van der Waals surface area contributed by atoms with Gasteiger partial charge in [-0.05, 0) is 47.8 Å². The minimum absolute atomic E-state index is 0.926. The summed E-state index contributed by atoms with van der Waals surface area (Å²) in [5, 5.41) is 3.39. The predicted octanol–water partition coefficient (Wildman–Crippen LogP) is 5.47. The van der Waals surface area contributed by atoms with Crippen LogP contribution in [0.2, 0.25) is 0 Å². The summed E-state index contributed by atoms with van der Waals surface area (Å²) in [5.41, 5.74) is 9.27. The van der Waals surface area contributed by atoms with Crippen molar-refractivity contribution in [2.24, 2.45) is 0 Å². The molecule has 0 aliphatic carbocycles. The Morgan fingerprint density at radius 2 is 1.76 bits per heavy atom. The van der Waals surface area contributed by atoms with Gasteiger partial charge in [0.05, 0.1) is 0 Å². The Balaban J connectivity index is 2.29. The molecule has 1 aliphatic heterocycles. The quantitative estimate of drug-likeness (QED) is 0.798. The van der Waals surface area contributed by atoms with Gasteiger partial charge in [-0.2, -0.15) is 0 Å². The number of anilines is 1. The number of para-hydroxylation sites is 1. The van der Waals surface area contributed by atoms with Gasteiger partial charge in [-0.3, -0.25) is 0 Å². The molecule has 0 amide bonds. The van der Waals surface area contributed by atoms with Crippen LogP contribution in [0.3, 0.4) is 0 Å². The summed E-state index contributed by atoms with van der Waals surface area (Å²) in [6.45, 7) is 5.41. The number of nitrogens with zero attached hydrogens (tertiary/aromatic N) is 1. The summed E-state index contributed by atoms with van der Waals surface area (Å²) < 4.78 is 0. The Kier molecular flexibility index (Phi) is 5.28. The Morgan fingerprint density at radius 1 is 1.08 bits per heavy atom. The highest BCUT2D eigenvalue weighted by Crippen LogP contribution is 2.38. The third-order valence-corrected chi connectivity index (χ3v) is 5.00. The van der Waals surface area contributed by atoms with E-state index in [1.54, 1.807) is 0 Å². The second kappa shape index (κ2) is 7.60. The van der Waals surface area contributed by atoms with Gasteiger partial charge in [0.1, 0.15) is 0 Å². The van der Waals surface area contributed by atoms with Crippen LogP contribution >= 0.6 is 0 Å². The van der Waals surface area contributed by atoms with Crippen LogP contribution in [0.15, 0.2) is 60.3 Å². The van der Waals surface area contributed by atoms with Crippen LogP contribution in [0.5, 0.6) is 0 Å². The Labute approximate surface area is 151 Å². The van der Waals surface area contributed by atoms with E-state index in [2.05, 4.69) is 85.7 Å². The maximum absolute atomic E-state index is 3.39. The molecule has 1 heterocycles. The average molecular weight is 332 g/mol. The molecule has 0 bridgehead atoms. The Morgan fingerprint density at radius 3 is 2.48 bits per heavy atom. The largest absolute Gasteiger partial charge is 0.391 e. The highest BCUT2D eigenvalue weighted by atomic mass is 15.1.